The van der Waals surface area contributed by atoms with E-state index in [0.29, 0.717) is 22.8 Å². The van der Waals surface area contributed by atoms with Gasteiger partial charge in [-0.25, -0.2) is 4.79 Å². The Kier molecular flexibility index (Phi) is 18.5. The lowest BCUT2D eigenvalue weighted by molar-refractivity contribution is -0.179. The first-order valence-electron chi connectivity index (χ1n) is 22.2. The summed E-state index contributed by atoms with van der Waals surface area (Å²) in [6.07, 6.45) is 4.56. The number of epoxide rings is 1. The molecule has 2 saturated heterocycles. The van der Waals surface area contributed by atoms with Gasteiger partial charge in [0.05, 0.1) is 23.7 Å². The Morgan fingerprint density at radius 3 is 2.33 bits per heavy atom. The molecule has 0 bridgehead atoms. The van der Waals surface area contributed by atoms with Crippen LogP contribution in [-0.4, -0.2) is 115 Å². The topological polar surface area (TPSA) is 156 Å². The molecule has 0 spiro atoms. The molecule has 2 N–H and O–H groups in total. The summed E-state index contributed by atoms with van der Waals surface area (Å²) in [6.45, 7) is 17.2. The van der Waals surface area contributed by atoms with Crippen molar-refractivity contribution in [2.45, 2.75) is 122 Å². The third kappa shape index (κ3) is 14.9. The van der Waals surface area contributed by atoms with Crippen LogP contribution in [0.2, 0.25) is 5.02 Å². The van der Waals surface area contributed by atoms with E-state index >= 15 is 0 Å². The highest BCUT2D eigenvalue weighted by atomic mass is 35.5. The standard InChI is InChI=1S/C48H67ClN4O9S2/c1-30(2)25-39-45(57)60-37(11-10-12-40(54)51-36(27-33-15-18-38(59-8)35(49)26-33)44(56)50-29-47(4,5)46(58)61-39)31(3)42-43(62-42)34-16-13-32(14-17-34)28-52-21-23-53(24-22-52)41(55)19-20-48(6,7)64-63-9/h10,12-18,26,30-31,36-37,39,42-43H,11,19-25,27-29H2,1-9H3,(H,50,56)(H,51,54)/b12-10+/t31-,36+,37-,39-,42+,43+/m0/s1. The molecule has 0 aliphatic carbocycles. The van der Waals surface area contributed by atoms with Crippen molar-refractivity contribution in [2.75, 3.05) is 46.1 Å². The summed E-state index contributed by atoms with van der Waals surface area (Å²) in [4.78, 5) is 71.8. The number of cyclic esters (lactones) is 2. The summed E-state index contributed by atoms with van der Waals surface area (Å²) in [5.74, 6) is -1.97. The number of methoxy groups -OCH3 is 1. The number of piperazine rings is 1. The van der Waals surface area contributed by atoms with Crippen LogP contribution in [0.4, 0.5) is 0 Å². The van der Waals surface area contributed by atoms with E-state index in [1.165, 1.54) is 18.7 Å². The van der Waals surface area contributed by atoms with Gasteiger partial charge in [0.25, 0.3) is 0 Å². The lowest BCUT2D eigenvalue weighted by atomic mass is 9.92. The van der Waals surface area contributed by atoms with Crippen LogP contribution in [0, 0.1) is 17.3 Å². The van der Waals surface area contributed by atoms with Crippen molar-refractivity contribution in [3.05, 3.63) is 76.3 Å². The normalized spacial score (nSPS) is 24.9. The summed E-state index contributed by atoms with van der Waals surface area (Å²) >= 11 is 6.38. The van der Waals surface area contributed by atoms with E-state index in [4.69, 9.17) is 30.5 Å². The molecule has 3 heterocycles. The smallest absolute Gasteiger partial charge is 0.347 e. The number of hydrogen-bond acceptors (Lipinski definition) is 12. The van der Waals surface area contributed by atoms with Crippen molar-refractivity contribution >= 4 is 62.8 Å². The quantitative estimate of drug-likeness (QED) is 0.104. The molecular formula is C48H67ClN4O9S2. The molecule has 6 atom stereocenters. The number of rotatable bonds is 15. The molecule has 0 radical (unpaired) electrons. The number of nitrogens with zero attached hydrogens (tertiary/aromatic N) is 2. The summed E-state index contributed by atoms with van der Waals surface area (Å²) in [7, 11) is 5.06. The number of amides is 3. The molecule has 3 aliphatic heterocycles. The minimum Gasteiger partial charge on any atom is -0.495 e. The highest BCUT2D eigenvalue weighted by molar-refractivity contribution is 8.76. The monoisotopic (exact) mass is 942 g/mol. The van der Waals surface area contributed by atoms with Crippen LogP contribution in [0.25, 0.3) is 0 Å². The van der Waals surface area contributed by atoms with E-state index in [1.54, 1.807) is 48.9 Å². The van der Waals surface area contributed by atoms with E-state index in [0.717, 1.165) is 44.7 Å². The van der Waals surface area contributed by atoms with Gasteiger partial charge in [-0.2, -0.15) is 0 Å². The average Bonchev–Trinajstić information content (AvgIpc) is 4.05. The number of nitrogens with one attached hydrogen (secondary N) is 2. The van der Waals surface area contributed by atoms with Crippen LogP contribution in [0.5, 0.6) is 5.75 Å². The number of carbonyl (C=O) groups is 5. The zero-order valence-corrected chi connectivity index (χ0v) is 41.2. The maximum Gasteiger partial charge on any atom is 0.347 e. The van der Waals surface area contributed by atoms with Gasteiger partial charge < -0.3 is 34.5 Å². The highest BCUT2D eigenvalue weighted by Crippen LogP contribution is 2.45. The maximum atomic E-state index is 13.9. The molecular weight excluding hydrogens is 876 g/mol. The largest absolute Gasteiger partial charge is 0.495 e. The van der Waals surface area contributed by atoms with Crippen molar-refractivity contribution in [2.24, 2.45) is 17.3 Å². The van der Waals surface area contributed by atoms with Gasteiger partial charge in [0.2, 0.25) is 17.7 Å². The molecule has 16 heteroatoms. The highest BCUT2D eigenvalue weighted by Gasteiger charge is 2.48. The third-order valence-electron chi connectivity index (χ3n) is 12.0. The minimum atomic E-state index is -1.23. The molecule has 0 aromatic heterocycles. The third-order valence-corrected chi connectivity index (χ3v) is 14.9. The Bertz CT molecular complexity index is 1970. The molecule has 2 aromatic carbocycles. The second-order valence-electron chi connectivity index (χ2n) is 18.8. The van der Waals surface area contributed by atoms with Crippen molar-refractivity contribution in [1.82, 2.24) is 20.4 Å². The molecule has 3 aliphatic rings. The number of esters is 2. The fourth-order valence-electron chi connectivity index (χ4n) is 7.88. The predicted molar refractivity (Wildman–Crippen MR) is 253 cm³/mol. The van der Waals surface area contributed by atoms with Crippen molar-refractivity contribution in [3.8, 4) is 5.75 Å². The van der Waals surface area contributed by atoms with Crippen LogP contribution < -0.4 is 15.4 Å². The van der Waals surface area contributed by atoms with E-state index in [1.807, 2.05) is 36.5 Å². The number of carbonyl (C=O) groups excluding carboxylic acids is 5. The fraction of sp³-hybridized carbons (Fsp3) is 0.604. The Morgan fingerprint density at radius 2 is 1.69 bits per heavy atom. The van der Waals surface area contributed by atoms with Gasteiger partial charge in [-0.05, 0) is 87.6 Å². The lowest BCUT2D eigenvalue weighted by Gasteiger charge is -2.35. The van der Waals surface area contributed by atoms with Gasteiger partial charge in [-0.3, -0.25) is 24.1 Å². The molecule has 5 rings (SSSR count). The first kappa shape index (κ1) is 51.2. The second kappa shape index (κ2) is 23.1. The summed E-state index contributed by atoms with van der Waals surface area (Å²) in [5.41, 5.74) is 1.63. The molecule has 2 aromatic rings. The zero-order valence-electron chi connectivity index (χ0n) is 38.8. The van der Waals surface area contributed by atoms with E-state index in [2.05, 4.69) is 59.9 Å². The fourth-order valence-corrected chi connectivity index (χ4v) is 10.4. The van der Waals surface area contributed by atoms with E-state index in [9.17, 15) is 24.0 Å². The lowest BCUT2D eigenvalue weighted by Crippen LogP contribution is -2.51. The van der Waals surface area contributed by atoms with Crippen LogP contribution in [0.1, 0.15) is 96.9 Å². The Hall–Kier alpha value is -3.76. The molecule has 2 fully saturated rings. The average molecular weight is 944 g/mol. The van der Waals surface area contributed by atoms with Crippen LogP contribution in [0.3, 0.4) is 0 Å². The van der Waals surface area contributed by atoms with Gasteiger partial charge in [0.1, 0.15) is 24.0 Å². The summed E-state index contributed by atoms with van der Waals surface area (Å²) in [6, 6.07) is 12.5. The zero-order chi connectivity index (χ0) is 46.8. The first-order valence-corrected chi connectivity index (χ1v) is 25.2. The molecule has 3 amide bonds. The van der Waals surface area contributed by atoms with Crippen LogP contribution in [-0.2, 0) is 51.1 Å². The Morgan fingerprint density at radius 1 is 1.00 bits per heavy atom. The van der Waals surface area contributed by atoms with Gasteiger partial charge >= 0.3 is 11.9 Å². The second-order valence-corrected chi connectivity index (χ2v) is 22.3. The molecule has 0 saturated carbocycles. The van der Waals surface area contributed by atoms with E-state index < -0.39 is 47.4 Å². The summed E-state index contributed by atoms with van der Waals surface area (Å²) < 4.78 is 23.6. The first-order chi connectivity index (χ1) is 30.3. The van der Waals surface area contributed by atoms with Crippen molar-refractivity contribution in [1.29, 1.82) is 0 Å². The summed E-state index contributed by atoms with van der Waals surface area (Å²) in [5, 5.41) is 5.95. The maximum absolute atomic E-state index is 13.9. The molecule has 13 nitrogen and oxygen atoms in total. The number of benzene rings is 2. The van der Waals surface area contributed by atoms with Gasteiger partial charge in [0, 0.05) is 69.2 Å². The molecule has 352 valence electrons. The SMILES string of the molecule is COc1ccc(C[C@H]2NC(=O)/C=C/C[C@@H]([C@H](C)[C@H]3O[C@@H]3c3ccc(CN4CCN(C(=O)CCC(C)(C)SSC)CC4)cc3)OC(=O)[C@H](CC(C)C)OC(=O)C(C)(C)CNC2=O)cc1Cl. The van der Waals surface area contributed by atoms with Crippen LogP contribution in [0.15, 0.2) is 54.6 Å². The molecule has 0 unspecified atom stereocenters. The minimum absolute atomic E-state index is 0.00463. The van der Waals surface area contributed by atoms with Crippen LogP contribution >= 0.6 is 33.2 Å². The number of ether oxygens (including phenoxy) is 4. The van der Waals surface area contributed by atoms with Crippen molar-refractivity contribution < 1.29 is 42.9 Å². The Labute approximate surface area is 392 Å². The van der Waals surface area contributed by atoms with Crippen molar-refractivity contribution in [3.63, 3.8) is 0 Å². The number of hydrogen-bond donors (Lipinski definition) is 2. The van der Waals surface area contributed by atoms with Gasteiger partial charge in [-0.15, -0.1) is 0 Å². The van der Waals surface area contributed by atoms with E-state index in [-0.39, 0.29) is 60.5 Å². The predicted octanol–water partition coefficient (Wildman–Crippen LogP) is 7.34. The molecule has 64 heavy (non-hydrogen) atoms. The van der Waals surface area contributed by atoms with Gasteiger partial charge in [0.15, 0.2) is 6.10 Å². The number of halogens is 1. The Balaban J connectivity index is 1.25. The van der Waals surface area contributed by atoms with Gasteiger partial charge in [-0.1, -0.05) is 90.4 Å².